The predicted molar refractivity (Wildman–Crippen MR) is 97.3 cm³/mol. The fourth-order valence-electron chi connectivity index (χ4n) is 2.44. The van der Waals surface area contributed by atoms with Crippen molar-refractivity contribution >= 4 is 11.6 Å². The first-order chi connectivity index (χ1) is 13.1. The number of hydrogen-bond donors (Lipinski definition) is 2. The molecule has 0 radical (unpaired) electrons. The second kappa shape index (κ2) is 8.69. The van der Waals surface area contributed by atoms with Crippen LogP contribution in [0.15, 0.2) is 64.8 Å². The van der Waals surface area contributed by atoms with Gasteiger partial charge in [0.1, 0.15) is 11.6 Å². The molecule has 2 aromatic carbocycles. The molecule has 0 aliphatic carbocycles. The number of allylic oxidation sites excluding steroid dienone is 1. The SMILES string of the molecule is CC(=N/C(=C(\C)C(=O)NCc1cccc(F)c1)C(F)(F)F)c1ccccc1O. The molecule has 0 saturated carbocycles. The molecule has 2 aromatic rings. The minimum absolute atomic E-state index is 0.0947. The zero-order chi connectivity index (χ0) is 20.9. The van der Waals surface area contributed by atoms with Gasteiger partial charge in [-0.05, 0) is 43.7 Å². The highest BCUT2D eigenvalue weighted by Gasteiger charge is 2.37. The number of phenols is 1. The first kappa shape index (κ1) is 21.1. The van der Waals surface area contributed by atoms with Crippen molar-refractivity contribution in [1.29, 1.82) is 0 Å². The molecule has 0 atom stereocenters. The van der Waals surface area contributed by atoms with Crippen molar-refractivity contribution in [2.24, 2.45) is 4.99 Å². The molecule has 1 amide bonds. The highest BCUT2D eigenvalue weighted by molar-refractivity contribution is 6.02. The summed E-state index contributed by atoms with van der Waals surface area (Å²) in [6.45, 7) is 2.17. The number of nitrogens with zero attached hydrogens (tertiary/aromatic N) is 1. The molecular weight excluding hydrogens is 376 g/mol. The van der Waals surface area contributed by atoms with Crippen LogP contribution < -0.4 is 5.32 Å². The van der Waals surface area contributed by atoms with Crippen LogP contribution >= 0.6 is 0 Å². The van der Waals surface area contributed by atoms with Crippen LogP contribution in [0, 0.1) is 5.82 Å². The van der Waals surface area contributed by atoms with E-state index in [1.54, 1.807) is 6.07 Å². The molecular formula is C20H18F4N2O2. The highest BCUT2D eigenvalue weighted by atomic mass is 19.4. The van der Waals surface area contributed by atoms with Crippen LogP contribution in [0.2, 0.25) is 0 Å². The Morgan fingerprint density at radius 3 is 2.39 bits per heavy atom. The van der Waals surface area contributed by atoms with Gasteiger partial charge in [-0.2, -0.15) is 13.2 Å². The first-order valence-corrected chi connectivity index (χ1v) is 8.24. The summed E-state index contributed by atoms with van der Waals surface area (Å²) >= 11 is 0. The van der Waals surface area contributed by atoms with E-state index in [2.05, 4.69) is 10.3 Å². The molecule has 0 fully saturated rings. The van der Waals surface area contributed by atoms with Gasteiger partial charge in [0.15, 0.2) is 5.70 Å². The maximum absolute atomic E-state index is 13.5. The summed E-state index contributed by atoms with van der Waals surface area (Å²) in [7, 11) is 0. The molecule has 148 valence electrons. The number of para-hydroxylation sites is 1. The quantitative estimate of drug-likeness (QED) is 0.446. The van der Waals surface area contributed by atoms with E-state index < -0.39 is 29.2 Å². The number of aliphatic imine (C=N–C) groups is 1. The summed E-state index contributed by atoms with van der Waals surface area (Å²) in [5.41, 5.74) is -1.58. The fourth-order valence-corrected chi connectivity index (χ4v) is 2.44. The van der Waals surface area contributed by atoms with Crippen molar-refractivity contribution in [3.8, 4) is 5.75 Å². The lowest BCUT2D eigenvalue weighted by molar-refractivity contribution is -0.119. The van der Waals surface area contributed by atoms with Crippen LogP contribution in [0.3, 0.4) is 0 Å². The van der Waals surface area contributed by atoms with Gasteiger partial charge < -0.3 is 10.4 Å². The van der Waals surface area contributed by atoms with Crippen LogP contribution in [-0.4, -0.2) is 22.9 Å². The van der Waals surface area contributed by atoms with E-state index in [1.165, 1.54) is 49.4 Å². The van der Waals surface area contributed by atoms with Gasteiger partial charge in [0.2, 0.25) is 5.91 Å². The van der Waals surface area contributed by atoms with E-state index in [9.17, 15) is 27.5 Å². The number of halogens is 4. The molecule has 0 aliphatic rings. The lowest BCUT2D eigenvalue weighted by Crippen LogP contribution is -2.27. The molecule has 0 aliphatic heterocycles. The molecule has 0 saturated heterocycles. The topological polar surface area (TPSA) is 61.7 Å². The van der Waals surface area contributed by atoms with Crippen molar-refractivity contribution in [3.63, 3.8) is 0 Å². The van der Waals surface area contributed by atoms with Gasteiger partial charge >= 0.3 is 6.18 Å². The summed E-state index contributed by atoms with van der Waals surface area (Å²) in [6, 6.07) is 11.2. The van der Waals surface area contributed by atoms with Gasteiger partial charge in [0, 0.05) is 23.4 Å². The normalized spacial score (nSPS) is 13.1. The number of rotatable bonds is 5. The molecule has 2 N–H and O–H groups in total. The number of alkyl halides is 3. The summed E-state index contributed by atoms with van der Waals surface area (Å²) in [6.07, 6.45) is -4.88. The third-order valence-electron chi connectivity index (χ3n) is 3.88. The fraction of sp³-hybridized carbons (Fsp3) is 0.200. The summed E-state index contributed by atoms with van der Waals surface area (Å²) in [5, 5.41) is 12.1. The van der Waals surface area contributed by atoms with Crippen LogP contribution in [-0.2, 0) is 11.3 Å². The third kappa shape index (κ3) is 5.42. The number of carbonyl (C=O) groups is 1. The van der Waals surface area contributed by atoms with Crippen molar-refractivity contribution < 1.29 is 27.5 Å². The van der Waals surface area contributed by atoms with Crippen LogP contribution in [0.5, 0.6) is 5.75 Å². The molecule has 0 spiro atoms. The number of carbonyl (C=O) groups excluding carboxylic acids is 1. The van der Waals surface area contributed by atoms with E-state index in [-0.39, 0.29) is 23.6 Å². The van der Waals surface area contributed by atoms with Crippen molar-refractivity contribution in [2.45, 2.75) is 26.6 Å². The average Bonchev–Trinajstić information content (AvgIpc) is 2.63. The van der Waals surface area contributed by atoms with Crippen molar-refractivity contribution in [3.05, 3.63) is 76.7 Å². The monoisotopic (exact) mass is 394 g/mol. The molecule has 4 nitrogen and oxygen atoms in total. The number of hydrogen-bond acceptors (Lipinski definition) is 3. The minimum atomic E-state index is -4.88. The lowest BCUT2D eigenvalue weighted by atomic mass is 10.1. The maximum atomic E-state index is 13.5. The zero-order valence-corrected chi connectivity index (χ0v) is 15.1. The summed E-state index contributed by atoms with van der Waals surface area (Å²) in [5.74, 6) is -1.72. The van der Waals surface area contributed by atoms with Gasteiger partial charge in [0.05, 0.1) is 0 Å². The molecule has 0 unspecified atom stereocenters. The van der Waals surface area contributed by atoms with Crippen LogP contribution in [0.4, 0.5) is 17.6 Å². The number of phenolic OH excluding ortho intramolecular Hbond substituents is 1. The highest BCUT2D eigenvalue weighted by Crippen LogP contribution is 2.31. The number of benzene rings is 2. The number of amides is 1. The zero-order valence-electron chi connectivity index (χ0n) is 15.1. The standard InChI is InChI=1S/C20H18F4N2O2/c1-12(19(28)25-11-14-6-5-7-15(21)10-14)18(20(22,23)24)26-13(2)16-8-3-4-9-17(16)27/h3-10,27H,11H2,1-2H3,(H,25,28)/b18-12+,26-13?. The van der Waals surface area contributed by atoms with Crippen LogP contribution in [0.1, 0.15) is 25.0 Å². The van der Waals surface area contributed by atoms with Crippen molar-refractivity contribution in [1.82, 2.24) is 5.32 Å². The smallest absolute Gasteiger partial charge is 0.433 e. The van der Waals surface area contributed by atoms with E-state index in [0.29, 0.717) is 5.56 Å². The average molecular weight is 394 g/mol. The largest absolute Gasteiger partial charge is 0.507 e. The van der Waals surface area contributed by atoms with Gasteiger partial charge in [-0.3, -0.25) is 4.79 Å². The van der Waals surface area contributed by atoms with E-state index in [4.69, 9.17) is 0 Å². The van der Waals surface area contributed by atoms with Crippen LogP contribution in [0.25, 0.3) is 0 Å². The Labute approximate surface area is 159 Å². The van der Waals surface area contributed by atoms with Gasteiger partial charge in [-0.15, -0.1) is 0 Å². The van der Waals surface area contributed by atoms with Gasteiger partial charge in [0.25, 0.3) is 0 Å². The summed E-state index contributed by atoms with van der Waals surface area (Å²) < 4.78 is 53.6. The Morgan fingerprint density at radius 2 is 1.79 bits per heavy atom. The van der Waals surface area contributed by atoms with E-state index in [0.717, 1.165) is 6.92 Å². The Balaban J connectivity index is 2.32. The lowest BCUT2D eigenvalue weighted by Gasteiger charge is -2.14. The second-order valence-corrected chi connectivity index (χ2v) is 6.00. The Kier molecular flexibility index (Phi) is 6.56. The maximum Gasteiger partial charge on any atom is 0.433 e. The Bertz CT molecular complexity index is 934. The molecule has 8 heteroatoms. The molecule has 0 heterocycles. The number of aromatic hydroxyl groups is 1. The molecule has 0 bridgehead atoms. The number of nitrogens with one attached hydrogen (secondary N) is 1. The molecule has 2 rings (SSSR count). The van der Waals surface area contributed by atoms with Gasteiger partial charge in [-0.1, -0.05) is 24.3 Å². The second-order valence-electron chi connectivity index (χ2n) is 6.00. The Hall–Kier alpha value is -3.16. The Morgan fingerprint density at radius 1 is 1.11 bits per heavy atom. The minimum Gasteiger partial charge on any atom is -0.507 e. The first-order valence-electron chi connectivity index (χ1n) is 8.24. The third-order valence-corrected chi connectivity index (χ3v) is 3.88. The summed E-state index contributed by atoms with van der Waals surface area (Å²) in [4.78, 5) is 15.8. The molecule has 0 aromatic heterocycles. The van der Waals surface area contributed by atoms with E-state index >= 15 is 0 Å². The van der Waals surface area contributed by atoms with Gasteiger partial charge in [-0.25, -0.2) is 9.38 Å². The predicted octanol–water partition coefficient (Wildman–Crippen LogP) is 4.49. The van der Waals surface area contributed by atoms with Crippen molar-refractivity contribution in [2.75, 3.05) is 0 Å². The van der Waals surface area contributed by atoms with E-state index in [1.807, 2.05) is 0 Å². The molecule has 28 heavy (non-hydrogen) atoms.